The van der Waals surface area contributed by atoms with E-state index in [9.17, 15) is 9.59 Å². The molecule has 0 saturated carbocycles. The van der Waals surface area contributed by atoms with E-state index in [1.165, 1.54) is 24.2 Å². The van der Waals surface area contributed by atoms with E-state index in [1.54, 1.807) is 10.8 Å². The van der Waals surface area contributed by atoms with Crippen LogP contribution in [0.25, 0.3) is 0 Å². The maximum Gasteiger partial charge on any atom is 0.331 e. The van der Waals surface area contributed by atoms with E-state index in [-0.39, 0.29) is 17.3 Å². The zero-order valence-electron chi connectivity index (χ0n) is 10.9. The van der Waals surface area contributed by atoms with E-state index in [1.807, 2.05) is 12.1 Å². The SMILES string of the molecule is Cn1c(=O)ccn(C2CCCc3ccccc32)c1=O. The molecule has 0 spiro atoms. The van der Waals surface area contributed by atoms with Gasteiger partial charge in [-0.05, 0) is 30.4 Å². The Labute approximate surface area is 110 Å². The lowest BCUT2D eigenvalue weighted by molar-refractivity contribution is 0.457. The van der Waals surface area contributed by atoms with Gasteiger partial charge in [-0.1, -0.05) is 24.3 Å². The molecule has 0 saturated heterocycles. The Morgan fingerprint density at radius 3 is 2.79 bits per heavy atom. The van der Waals surface area contributed by atoms with Gasteiger partial charge in [0.1, 0.15) is 0 Å². The van der Waals surface area contributed by atoms with Crippen molar-refractivity contribution < 1.29 is 0 Å². The molecule has 0 radical (unpaired) electrons. The van der Waals surface area contributed by atoms with Gasteiger partial charge in [-0.2, -0.15) is 0 Å². The van der Waals surface area contributed by atoms with Gasteiger partial charge in [0.15, 0.2) is 0 Å². The summed E-state index contributed by atoms with van der Waals surface area (Å²) in [6.07, 6.45) is 4.69. The van der Waals surface area contributed by atoms with Gasteiger partial charge in [-0.3, -0.25) is 13.9 Å². The molecule has 1 aliphatic carbocycles. The summed E-state index contributed by atoms with van der Waals surface area (Å²) in [6.45, 7) is 0. The predicted molar refractivity (Wildman–Crippen MR) is 73.5 cm³/mol. The minimum atomic E-state index is -0.259. The molecule has 19 heavy (non-hydrogen) atoms. The first-order valence-electron chi connectivity index (χ1n) is 6.54. The minimum Gasteiger partial charge on any atom is -0.293 e. The molecule has 1 unspecified atom stereocenters. The average Bonchev–Trinajstić information content (AvgIpc) is 2.45. The molecular formula is C15H16N2O2. The molecule has 0 bridgehead atoms. The van der Waals surface area contributed by atoms with Crippen LogP contribution in [0.5, 0.6) is 0 Å². The highest BCUT2D eigenvalue weighted by molar-refractivity contribution is 5.32. The summed E-state index contributed by atoms with van der Waals surface area (Å²) in [4.78, 5) is 23.7. The molecule has 0 fully saturated rings. The van der Waals surface area contributed by atoms with E-state index >= 15 is 0 Å². The second-order valence-corrected chi connectivity index (χ2v) is 5.01. The summed E-state index contributed by atoms with van der Waals surface area (Å²) in [5, 5.41) is 0. The fourth-order valence-electron chi connectivity index (χ4n) is 2.84. The number of hydrogen-bond donors (Lipinski definition) is 0. The summed E-state index contributed by atoms with van der Waals surface area (Å²) in [5.74, 6) is 0. The van der Waals surface area contributed by atoms with Crippen LogP contribution in [0.2, 0.25) is 0 Å². The van der Waals surface area contributed by atoms with Crippen LogP contribution in [0, 0.1) is 0 Å². The van der Waals surface area contributed by atoms with Crippen molar-refractivity contribution in [1.82, 2.24) is 9.13 Å². The maximum atomic E-state index is 12.2. The van der Waals surface area contributed by atoms with Gasteiger partial charge in [-0.15, -0.1) is 0 Å². The Balaban J connectivity index is 2.17. The van der Waals surface area contributed by atoms with Crippen molar-refractivity contribution in [3.63, 3.8) is 0 Å². The number of nitrogens with zero attached hydrogens (tertiary/aromatic N) is 2. The normalized spacial score (nSPS) is 18.1. The molecule has 98 valence electrons. The van der Waals surface area contributed by atoms with Crippen LogP contribution in [0.1, 0.15) is 30.0 Å². The number of aromatic nitrogens is 2. The number of rotatable bonds is 1. The third-order valence-electron chi connectivity index (χ3n) is 3.89. The second kappa shape index (κ2) is 4.53. The zero-order valence-corrected chi connectivity index (χ0v) is 10.9. The third-order valence-corrected chi connectivity index (χ3v) is 3.89. The fraction of sp³-hybridized carbons (Fsp3) is 0.333. The Morgan fingerprint density at radius 1 is 1.16 bits per heavy atom. The summed E-state index contributed by atoms with van der Waals surface area (Å²) in [5.41, 5.74) is 2.01. The predicted octanol–water partition coefficient (Wildman–Crippen LogP) is 1.47. The minimum absolute atomic E-state index is 0.0456. The molecule has 0 aliphatic heterocycles. The van der Waals surface area contributed by atoms with Gasteiger partial charge in [0.05, 0.1) is 6.04 Å². The van der Waals surface area contributed by atoms with Gasteiger partial charge in [0.2, 0.25) is 0 Å². The highest BCUT2D eigenvalue weighted by atomic mass is 16.2. The Morgan fingerprint density at radius 2 is 1.95 bits per heavy atom. The lowest BCUT2D eigenvalue weighted by Crippen LogP contribution is -2.39. The smallest absolute Gasteiger partial charge is 0.293 e. The molecule has 1 aliphatic rings. The first kappa shape index (κ1) is 12.0. The fourth-order valence-corrected chi connectivity index (χ4v) is 2.84. The van der Waals surface area contributed by atoms with Gasteiger partial charge < -0.3 is 0 Å². The number of benzene rings is 1. The molecular weight excluding hydrogens is 240 g/mol. The third kappa shape index (κ3) is 1.93. The Kier molecular flexibility index (Phi) is 2.85. The van der Waals surface area contributed by atoms with E-state index in [0.29, 0.717) is 0 Å². The number of aryl methyl sites for hydroxylation is 1. The standard InChI is InChI=1S/C15H16N2O2/c1-16-14(18)9-10-17(15(16)19)13-8-4-6-11-5-2-3-7-12(11)13/h2-3,5,7,9-10,13H,4,6,8H2,1H3. The zero-order chi connectivity index (χ0) is 13.4. The molecule has 0 N–H and O–H groups in total. The number of hydrogen-bond acceptors (Lipinski definition) is 2. The van der Waals surface area contributed by atoms with Gasteiger partial charge in [0, 0.05) is 19.3 Å². The maximum absolute atomic E-state index is 12.2. The summed E-state index contributed by atoms with van der Waals surface area (Å²) < 4.78 is 2.84. The Bertz CT molecular complexity index is 727. The molecule has 1 aromatic carbocycles. The topological polar surface area (TPSA) is 44.0 Å². The van der Waals surface area contributed by atoms with Crippen LogP contribution in [-0.4, -0.2) is 9.13 Å². The van der Waals surface area contributed by atoms with Crippen LogP contribution in [-0.2, 0) is 13.5 Å². The highest BCUT2D eigenvalue weighted by Crippen LogP contribution is 2.31. The van der Waals surface area contributed by atoms with Gasteiger partial charge in [-0.25, -0.2) is 4.79 Å². The first-order valence-corrected chi connectivity index (χ1v) is 6.54. The van der Waals surface area contributed by atoms with Crippen LogP contribution >= 0.6 is 0 Å². The van der Waals surface area contributed by atoms with Crippen LogP contribution in [0.3, 0.4) is 0 Å². The van der Waals surface area contributed by atoms with Gasteiger partial charge >= 0.3 is 5.69 Å². The van der Waals surface area contributed by atoms with Crippen LogP contribution < -0.4 is 11.2 Å². The molecule has 1 aromatic heterocycles. The Hall–Kier alpha value is -2.10. The van der Waals surface area contributed by atoms with Crippen molar-refractivity contribution in [1.29, 1.82) is 0 Å². The van der Waals surface area contributed by atoms with E-state index in [4.69, 9.17) is 0 Å². The van der Waals surface area contributed by atoms with Crippen molar-refractivity contribution in [2.75, 3.05) is 0 Å². The van der Waals surface area contributed by atoms with Crippen LogP contribution in [0.4, 0.5) is 0 Å². The van der Waals surface area contributed by atoms with Crippen molar-refractivity contribution in [2.45, 2.75) is 25.3 Å². The van der Waals surface area contributed by atoms with E-state index in [0.717, 1.165) is 23.8 Å². The molecule has 4 nitrogen and oxygen atoms in total. The lowest BCUT2D eigenvalue weighted by atomic mass is 9.87. The molecule has 1 heterocycles. The summed E-state index contributed by atoms with van der Waals surface area (Å²) >= 11 is 0. The quantitative estimate of drug-likeness (QED) is 0.775. The van der Waals surface area contributed by atoms with E-state index < -0.39 is 0 Å². The average molecular weight is 256 g/mol. The molecule has 1 atom stereocenters. The first-order chi connectivity index (χ1) is 9.18. The largest absolute Gasteiger partial charge is 0.331 e. The summed E-state index contributed by atoms with van der Waals surface area (Å²) in [7, 11) is 1.52. The van der Waals surface area contributed by atoms with Crippen molar-refractivity contribution in [3.05, 3.63) is 68.5 Å². The highest BCUT2D eigenvalue weighted by Gasteiger charge is 2.22. The van der Waals surface area contributed by atoms with Crippen molar-refractivity contribution in [2.24, 2.45) is 7.05 Å². The monoisotopic (exact) mass is 256 g/mol. The molecule has 2 aromatic rings. The van der Waals surface area contributed by atoms with Crippen molar-refractivity contribution >= 4 is 0 Å². The summed E-state index contributed by atoms with van der Waals surface area (Å²) in [6, 6.07) is 9.74. The van der Waals surface area contributed by atoms with Crippen molar-refractivity contribution in [3.8, 4) is 0 Å². The van der Waals surface area contributed by atoms with Gasteiger partial charge in [0.25, 0.3) is 5.56 Å². The molecule has 0 amide bonds. The second-order valence-electron chi connectivity index (χ2n) is 5.01. The number of fused-ring (bicyclic) bond motifs is 1. The lowest BCUT2D eigenvalue weighted by Gasteiger charge is -2.27. The molecule has 3 rings (SSSR count). The van der Waals surface area contributed by atoms with E-state index in [2.05, 4.69) is 12.1 Å². The van der Waals surface area contributed by atoms with Crippen LogP contribution in [0.15, 0.2) is 46.1 Å². The molecule has 4 heteroatoms.